The smallest absolute Gasteiger partial charge is 0.246 e. The van der Waals surface area contributed by atoms with Crippen LogP contribution in [0.4, 0.5) is 0 Å². The van der Waals surface area contributed by atoms with E-state index in [4.69, 9.17) is 9.57 Å². The van der Waals surface area contributed by atoms with Gasteiger partial charge in [0, 0.05) is 13.0 Å². The lowest BCUT2D eigenvalue weighted by molar-refractivity contribution is -0.169. The molecule has 4 nitrogen and oxygen atoms in total. The Balaban J connectivity index is 1.65. The minimum atomic E-state index is 0.113. The van der Waals surface area contributed by atoms with Crippen LogP contribution in [0.15, 0.2) is 0 Å². The Morgan fingerprint density at radius 2 is 2.20 bits per heavy atom. The highest BCUT2D eigenvalue weighted by Crippen LogP contribution is 2.18. The molecular formula is C11H19NO3. The third-order valence-corrected chi connectivity index (χ3v) is 2.99. The van der Waals surface area contributed by atoms with E-state index in [9.17, 15) is 4.79 Å². The molecule has 1 amide bonds. The average molecular weight is 213 g/mol. The Bertz CT molecular complexity index is 208. The monoisotopic (exact) mass is 213 g/mol. The number of hydroxylamine groups is 2. The van der Waals surface area contributed by atoms with Gasteiger partial charge in [0.25, 0.3) is 0 Å². The largest absolute Gasteiger partial charge is 0.378 e. The Hall–Kier alpha value is -0.610. The summed E-state index contributed by atoms with van der Waals surface area (Å²) < 4.78 is 5.58. The van der Waals surface area contributed by atoms with Gasteiger partial charge in [-0.25, -0.2) is 5.06 Å². The molecule has 1 atom stereocenters. The molecule has 0 N–H and O–H groups in total. The van der Waals surface area contributed by atoms with Gasteiger partial charge in [0.1, 0.15) is 0 Å². The number of hydrogen-bond acceptors (Lipinski definition) is 3. The van der Waals surface area contributed by atoms with Crippen molar-refractivity contribution in [3.8, 4) is 0 Å². The van der Waals surface area contributed by atoms with Crippen molar-refractivity contribution in [2.45, 2.75) is 44.6 Å². The van der Waals surface area contributed by atoms with Gasteiger partial charge in [0.05, 0.1) is 19.3 Å². The van der Waals surface area contributed by atoms with Crippen LogP contribution in [0.1, 0.15) is 38.5 Å². The number of ether oxygens (including phenoxy) is 1. The van der Waals surface area contributed by atoms with Gasteiger partial charge in [-0.15, -0.1) is 0 Å². The molecule has 2 fully saturated rings. The molecule has 15 heavy (non-hydrogen) atoms. The molecule has 0 aliphatic carbocycles. The van der Waals surface area contributed by atoms with Gasteiger partial charge in [-0.05, 0) is 32.1 Å². The first kappa shape index (κ1) is 10.9. The van der Waals surface area contributed by atoms with Crippen molar-refractivity contribution in [3.63, 3.8) is 0 Å². The average Bonchev–Trinajstić information content (AvgIpc) is 2.81. The summed E-state index contributed by atoms with van der Waals surface area (Å²) in [5.41, 5.74) is 0. The fourth-order valence-electron chi connectivity index (χ4n) is 2.09. The maximum atomic E-state index is 11.6. The zero-order valence-corrected chi connectivity index (χ0v) is 9.11. The standard InChI is InChI=1S/C11H19NO3/c13-11(12-7-3-9-15-12)6-5-10-4-1-2-8-14-10/h10H,1-9H2. The number of rotatable bonds is 3. The SMILES string of the molecule is O=C(CCC1CCCCO1)N1CCCO1. The maximum absolute atomic E-state index is 11.6. The van der Waals surface area contributed by atoms with Crippen LogP contribution < -0.4 is 0 Å². The minimum absolute atomic E-state index is 0.113. The van der Waals surface area contributed by atoms with Crippen molar-refractivity contribution in [2.75, 3.05) is 19.8 Å². The Labute approximate surface area is 90.5 Å². The van der Waals surface area contributed by atoms with Gasteiger partial charge in [0.15, 0.2) is 0 Å². The Kier molecular flexibility index (Phi) is 3.97. The summed E-state index contributed by atoms with van der Waals surface area (Å²) in [4.78, 5) is 16.8. The third kappa shape index (κ3) is 3.18. The van der Waals surface area contributed by atoms with E-state index >= 15 is 0 Å². The first-order valence-corrected chi connectivity index (χ1v) is 5.91. The predicted octanol–water partition coefficient (Wildman–Crippen LogP) is 1.50. The molecule has 0 spiro atoms. The molecule has 2 saturated heterocycles. The lowest BCUT2D eigenvalue weighted by Gasteiger charge is -2.23. The van der Waals surface area contributed by atoms with Gasteiger partial charge >= 0.3 is 0 Å². The minimum Gasteiger partial charge on any atom is -0.378 e. The summed E-state index contributed by atoms with van der Waals surface area (Å²) in [6.07, 6.45) is 6.17. The molecule has 0 aromatic rings. The van der Waals surface area contributed by atoms with Crippen LogP contribution in [-0.2, 0) is 14.4 Å². The highest BCUT2D eigenvalue weighted by molar-refractivity contribution is 5.75. The van der Waals surface area contributed by atoms with Crippen LogP contribution in [0.3, 0.4) is 0 Å². The summed E-state index contributed by atoms with van der Waals surface area (Å²) in [5, 5.41) is 1.50. The summed E-state index contributed by atoms with van der Waals surface area (Å²) in [7, 11) is 0. The van der Waals surface area contributed by atoms with Crippen LogP contribution in [0.25, 0.3) is 0 Å². The van der Waals surface area contributed by atoms with Crippen molar-refractivity contribution < 1.29 is 14.4 Å². The number of nitrogens with zero attached hydrogens (tertiary/aromatic N) is 1. The molecule has 2 aliphatic heterocycles. The van der Waals surface area contributed by atoms with Crippen LogP contribution in [-0.4, -0.2) is 36.8 Å². The fourth-order valence-corrected chi connectivity index (χ4v) is 2.09. The van der Waals surface area contributed by atoms with Crippen molar-refractivity contribution in [1.82, 2.24) is 5.06 Å². The highest BCUT2D eigenvalue weighted by Gasteiger charge is 2.21. The topological polar surface area (TPSA) is 38.8 Å². The van der Waals surface area contributed by atoms with E-state index in [0.717, 1.165) is 32.4 Å². The molecule has 0 bridgehead atoms. The molecule has 0 saturated carbocycles. The second-order valence-electron chi connectivity index (χ2n) is 4.21. The van der Waals surface area contributed by atoms with Gasteiger partial charge < -0.3 is 4.74 Å². The van der Waals surface area contributed by atoms with E-state index in [-0.39, 0.29) is 5.91 Å². The lowest BCUT2D eigenvalue weighted by Crippen LogP contribution is -2.28. The predicted molar refractivity (Wildman–Crippen MR) is 55.1 cm³/mol. The first-order valence-electron chi connectivity index (χ1n) is 5.91. The van der Waals surface area contributed by atoms with Crippen molar-refractivity contribution in [1.29, 1.82) is 0 Å². The summed E-state index contributed by atoms with van der Waals surface area (Å²) in [6.45, 7) is 2.30. The Morgan fingerprint density at radius 1 is 1.27 bits per heavy atom. The molecular weight excluding hydrogens is 194 g/mol. The molecule has 0 aromatic carbocycles. The number of carbonyl (C=O) groups excluding carboxylic acids is 1. The number of carbonyl (C=O) groups is 1. The third-order valence-electron chi connectivity index (χ3n) is 2.99. The van der Waals surface area contributed by atoms with Gasteiger partial charge in [-0.1, -0.05) is 0 Å². The summed E-state index contributed by atoms with van der Waals surface area (Å²) in [6, 6.07) is 0. The molecule has 2 rings (SSSR count). The molecule has 2 heterocycles. The maximum Gasteiger partial charge on any atom is 0.246 e. The highest BCUT2D eigenvalue weighted by atomic mass is 16.7. The van der Waals surface area contributed by atoms with E-state index in [1.165, 1.54) is 17.9 Å². The van der Waals surface area contributed by atoms with Gasteiger partial charge in [0.2, 0.25) is 5.91 Å². The number of amides is 1. The van der Waals surface area contributed by atoms with E-state index in [2.05, 4.69) is 0 Å². The molecule has 0 aromatic heterocycles. The molecule has 1 unspecified atom stereocenters. The van der Waals surface area contributed by atoms with Crippen LogP contribution in [0, 0.1) is 0 Å². The lowest BCUT2D eigenvalue weighted by atomic mass is 10.0. The van der Waals surface area contributed by atoms with E-state index < -0.39 is 0 Å². The molecule has 86 valence electrons. The molecule has 0 radical (unpaired) electrons. The van der Waals surface area contributed by atoms with Crippen molar-refractivity contribution in [3.05, 3.63) is 0 Å². The van der Waals surface area contributed by atoms with E-state index in [1.54, 1.807) is 0 Å². The van der Waals surface area contributed by atoms with Crippen molar-refractivity contribution in [2.24, 2.45) is 0 Å². The summed E-state index contributed by atoms with van der Waals surface area (Å²) >= 11 is 0. The van der Waals surface area contributed by atoms with Gasteiger partial charge in [-0.2, -0.15) is 0 Å². The second-order valence-corrected chi connectivity index (χ2v) is 4.21. The Morgan fingerprint density at radius 3 is 2.87 bits per heavy atom. The fraction of sp³-hybridized carbons (Fsp3) is 0.909. The first-order chi connectivity index (χ1) is 7.36. The van der Waals surface area contributed by atoms with E-state index in [1.807, 2.05) is 0 Å². The van der Waals surface area contributed by atoms with Gasteiger partial charge in [-0.3, -0.25) is 9.63 Å². The molecule has 2 aliphatic rings. The normalized spacial score (nSPS) is 26.9. The van der Waals surface area contributed by atoms with Crippen LogP contribution >= 0.6 is 0 Å². The van der Waals surface area contributed by atoms with Crippen molar-refractivity contribution >= 4 is 5.91 Å². The summed E-state index contributed by atoms with van der Waals surface area (Å²) in [5.74, 6) is 0.113. The zero-order valence-electron chi connectivity index (χ0n) is 9.11. The second kappa shape index (κ2) is 5.47. The quantitative estimate of drug-likeness (QED) is 0.713. The van der Waals surface area contributed by atoms with Crippen LogP contribution in [0.2, 0.25) is 0 Å². The number of hydrogen-bond donors (Lipinski definition) is 0. The van der Waals surface area contributed by atoms with Crippen LogP contribution in [0.5, 0.6) is 0 Å². The zero-order chi connectivity index (χ0) is 10.5. The molecule has 4 heteroatoms. The van der Waals surface area contributed by atoms with E-state index in [0.29, 0.717) is 19.1 Å².